The van der Waals surface area contributed by atoms with Crippen molar-refractivity contribution in [2.45, 2.75) is 50.7 Å². The zero-order valence-corrected chi connectivity index (χ0v) is 20.5. The van der Waals surface area contributed by atoms with Crippen LogP contribution in [0.2, 0.25) is 0 Å². The van der Waals surface area contributed by atoms with Gasteiger partial charge in [-0.25, -0.2) is 12.7 Å². The Labute approximate surface area is 199 Å². The number of ether oxygens (including phenoxy) is 1. The first kappa shape index (κ1) is 25.2. The molecule has 0 unspecified atom stereocenters. The summed E-state index contributed by atoms with van der Waals surface area (Å²) in [4.78, 5) is 40.1. The Morgan fingerprint density at radius 3 is 2.32 bits per heavy atom. The smallest absolute Gasteiger partial charge is 0.269 e. The molecule has 1 heterocycles. The van der Waals surface area contributed by atoms with Crippen LogP contribution in [0.3, 0.4) is 0 Å². The topological polar surface area (TPSA) is 113 Å². The summed E-state index contributed by atoms with van der Waals surface area (Å²) < 4.78 is 31.6. The monoisotopic (exact) mass is 487 g/mol. The number of hydrogen-bond acceptors (Lipinski definition) is 6. The van der Waals surface area contributed by atoms with Crippen molar-refractivity contribution < 1.29 is 27.5 Å². The highest BCUT2D eigenvalue weighted by Crippen LogP contribution is 2.30. The Hall–Kier alpha value is -3.40. The van der Waals surface area contributed by atoms with Crippen LogP contribution in [0.25, 0.3) is 0 Å². The molecule has 0 aliphatic carbocycles. The molecule has 9 nitrogen and oxygen atoms in total. The van der Waals surface area contributed by atoms with Gasteiger partial charge in [0.25, 0.3) is 15.9 Å². The number of nitrogens with zero attached hydrogens (tertiary/aromatic N) is 2. The summed E-state index contributed by atoms with van der Waals surface area (Å²) in [5, 5.41) is 2.85. The average Bonchev–Trinajstić information content (AvgIpc) is 3.02. The fourth-order valence-electron chi connectivity index (χ4n) is 3.58. The number of nitrogens with one attached hydrogen (secondary N) is 1. The molecule has 10 heteroatoms. The lowest BCUT2D eigenvalue weighted by Crippen LogP contribution is -2.52. The van der Waals surface area contributed by atoms with Crippen LogP contribution in [0.15, 0.2) is 53.4 Å². The minimum absolute atomic E-state index is 0.0274. The molecule has 34 heavy (non-hydrogen) atoms. The molecule has 182 valence electrons. The van der Waals surface area contributed by atoms with Crippen LogP contribution in [0.4, 0.5) is 0 Å². The van der Waals surface area contributed by atoms with E-state index in [1.165, 1.54) is 30.2 Å². The fraction of sp³-hybridized carbons (Fsp3) is 0.375. The van der Waals surface area contributed by atoms with Crippen LogP contribution in [-0.2, 0) is 26.2 Å². The summed E-state index contributed by atoms with van der Waals surface area (Å²) in [6.07, 6.45) is 0.712. The van der Waals surface area contributed by atoms with Gasteiger partial charge < -0.3 is 15.0 Å². The van der Waals surface area contributed by atoms with Gasteiger partial charge in [0.15, 0.2) is 0 Å². The largest absolute Gasteiger partial charge is 0.497 e. The maximum atomic E-state index is 13.4. The van der Waals surface area contributed by atoms with Gasteiger partial charge in [0.1, 0.15) is 23.2 Å². The van der Waals surface area contributed by atoms with E-state index in [9.17, 15) is 22.8 Å². The number of rotatable bonds is 9. The second-order valence-electron chi connectivity index (χ2n) is 8.18. The van der Waals surface area contributed by atoms with E-state index >= 15 is 0 Å². The van der Waals surface area contributed by atoms with Gasteiger partial charge in [-0.05, 0) is 50.1 Å². The lowest BCUT2D eigenvalue weighted by atomic mass is 10.1. The summed E-state index contributed by atoms with van der Waals surface area (Å²) in [5.41, 5.74) is 0.746. The standard InChI is InChI=1S/C24H29N3O6S/c1-5-16(2)25-23(29)17(3)26(14-18-10-12-19(33-4)13-11-18)22(28)15-27-24(30)20-8-6-7-9-21(20)34(27,31)32/h6-13,16-17H,5,14-15H2,1-4H3,(H,25,29)/t16-,17+/m0/s1. The number of fused-ring (bicyclic) bond motifs is 1. The minimum atomic E-state index is -4.16. The van der Waals surface area contributed by atoms with E-state index in [0.717, 1.165) is 5.56 Å². The maximum absolute atomic E-state index is 13.4. The van der Waals surface area contributed by atoms with Crippen molar-refractivity contribution in [2.75, 3.05) is 13.7 Å². The van der Waals surface area contributed by atoms with E-state index < -0.39 is 34.4 Å². The molecule has 0 fully saturated rings. The zero-order chi connectivity index (χ0) is 25.0. The highest BCUT2D eigenvalue weighted by Gasteiger charge is 2.43. The Morgan fingerprint density at radius 1 is 1.09 bits per heavy atom. The van der Waals surface area contributed by atoms with Crippen LogP contribution in [0.5, 0.6) is 5.75 Å². The van der Waals surface area contributed by atoms with Crippen LogP contribution < -0.4 is 10.1 Å². The second kappa shape index (κ2) is 10.3. The molecule has 0 bridgehead atoms. The maximum Gasteiger partial charge on any atom is 0.269 e. The van der Waals surface area contributed by atoms with E-state index in [0.29, 0.717) is 16.5 Å². The van der Waals surface area contributed by atoms with Crippen molar-refractivity contribution >= 4 is 27.7 Å². The molecule has 1 aliphatic heterocycles. The van der Waals surface area contributed by atoms with Crippen LogP contribution in [-0.4, -0.2) is 61.1 Å². The van der Waals surface area contributed by atoms with Gasteiger partial charge in [-0.2, -0.15) is 0 Å². The second-order valence-corrected chi connectivity index (χ2v) is 10.0. The zero-order valence-electron chi connectivity index (χ0n) is 19.6. The first-order chi connectivity index (χ1) is 16.1. The highest BCUT2D eigenvalue weighted by atomic mass is 32.2. The number of carbonyl (C=O) groups is 3. The lowest BCUT2D eigenvalue weighted by Gasteiger charge is -2.30. The average molecular weight is 488 g/mol. The molecular formula is C24H29N3O6S. The molecule has 2 aromatic rings. The molecule has 3 amide bonds. The number of amides is 3. The number of sulfonamides is 1. The van der Waals surface area contributed by atoms with Gasteiger partial charge in [-0.3, -0.25) is 14.4 Å². The predicted octanol–water partition coefficient (Wildman–Crippen LogP) is 2.17. The quantitative estimate of drug-likeness (QED) is 0.580. The highest BCUT2D eigenvalue weighted by molar-refractivity contribution is 7.90. The molecule has 0 radical (unpaired) electrons. The number of methoxy groups -OCH3 is 1. The summed E-state index contributed by atoms with van der Waals surface area (Å²) in [6.45, 7) is 4.71. The van der Waals surface area contributed by atoms with Gasteiger partial charge in [0.2, 0.25) is 11.8 Å². The third-order valence-corrected chi connectivity index (χ3v) is 7.66. The van der Waals surface area contributed by atoms with Crippen LogP contribution >= 0.6 is 0 Å². The number of benzene rings is 2. The molecule has 0 saturated heterocycles. The van der Waals surface area contributed by atoms with Gasteiger partial charge in [-0.15, -0.1) is 0 Å². The van der Waals surface area contributed by atoms with Gasteiger partial charge in [0.05, 0.1) is 12.7 Å². The van der Waals surface area contributed by atoms with Crippen molar-refractivity contribution in [3.63, 3.8) is 0 Å². The van der Waals surface area contributed by atoms with Crippen molar-refractivity contribution in [2.24, 2.45) is 0 Å². The van der Waals surface area contributed by atoms with Crippen LogP contribution in [0, 0.1) is 0 Å². The first-order valence-electron chi connectivity index (χ1n) is 11.0. The third kappa shape index (κ3) is 5.06. The summed E-state index contributed by atoms with van der Waals surface area (Å²) in [6, 6.07) is 11.8. The Balaban J connectivity index is 1.88. The third-order valence-electron chi connectivity index (χ3n) is 5.87. The van der Waals surface area contributed by atoms with E-state index in [1.54, 1.807) is 37.3 Å². The minimum Gasteiger partial charge on any atom is -0.497 e. The Morgan fingerprint density at radius 2 is 1.74 bits per heavy atom. The van der Waals surface area contributed by atoms with Crippen LogP contribution in [0.1, 0.15) is 43.1 Å². The predicted molar refractivity (Wildman–Crippen MR) is 126 cm³/mol. The Bertz CT molecular complexity index is 1180. The van der Waals surface area contributed by atoms with Crippen molar-refractivity contribution in [1.82, 2.24) is 14.5 Å². The van der Waals surface area contributed by atoms with Crippen molar-refractivity contribution in [3.05, 3.63) is 59.7 Å². The van der Waals surface area contributed by atoms with E-state index in [1.807, 2.05) is 13.8 Å². The van der Waals surface area contributed by atoms with Crippen molar-refractivity contribution in [1.29, 1.82) is 0 Å². The van der Waals surface area contributed by atoms with E-state index in [2.05, 4.69) is 5.32 Å². The molecule has 1 N–H and O–H groups in total. The number of hydrogen-bond donors (Lipinski definition) is 1. The SMILES string of the molecule is CC[C@H](C)NC(=O)[C@@H](C)N(Cc1ccc(OC)cc1)C(=O)CN1C(=O)c2ccccc2S1(=O)=O. The van der Waals surface area contributed by atoms with Gasteiger partial charge in [-0.1, -0.05) is 31.2 Å². The molecule has 0 spiro atoms. The molecule has 1 aliphatic rings. The molecule has 0 saturated carbocycles. The Kier molecular flexibility index (Phi) is 7.61. The number of carbonyl (C=O) groups excluding carboxylic acids is 3. The summed E-state index contributed by atoms with van der Waals surface area (Å²) in [5.74, 6) is -1.15. The van der Waals surface area contributed by atoms with Gasteiger partial charge in [0, 0.05) is 12.6 Å². The molecule has 0 aromatic heterocycles. The summed E-state index contributed by atoms with van der Waals surface area (Å²) >= 11 is 0. The van der Waals surface area contributed by atoms with E-state index in [-0.39, 0.29) is 29.0 Å². The normalized spacial score (nSPS) is 15.9. The molecule has 2 aromatic carbocycles. The molecule has 3 rings (SSSR count). The first-order valence-corrected chi connectivity index (χ1v) is 12.4. The van der Waals surface area contributed by atoms with E-state index in [4.69, 9.17) is 4.74 Å². The molecule has 2 atom stereocenters. The molecular weight excluding hydrogens is 458 g/mol. The lowest BCUT2D eigenvalue weighted by molar-refractivity contribution is -0.140. The van der Waals surface area contributed by atoms with Crippen molar-refractivity contribution in [3.8, 4) is 5.75 Å². The summed E-state index contributed by atoms with van der Waals surface area (Å²) in [7, 11) is -2.62. The van der Waals surface area contributed by atoms with Gasteiger partial charge >= 0.3 is 0 Å². The fourth-order valence-corrected chi connectivity index (χ4v) is 5.10.